The van der Waals surface area contributed by atoms with Gasteiger partial charge in [0.1, 0.15) is 5.15 Å². The fourth-order valence-corrected chi connectivity index (χ4v) is 3.56. The van der Waals surface area contributed by atoms with Gasteiger partial charge in [-0.05, 0) is 36.8 Å². The Bertz CT molecular complexity index is 1240. The van der Waals surface area contributed by atoms with Crippen molar-refractivity contribution >= 4 is 41.6 Å². The topological polar surface area (TPSA) is 63.8 Å². The van der Waals surface area contributed by atoms with Crippen LogP contribution in [0.15, 0.2) is 59.7 Å². The highest BCUT2D eigenvalue weighted by molar-refractivity contribution is 7.71. The summed E-state index contributed by atoms with van der Waals surface area (Å²) in [6.45, 7) is 2.47. The number of benzene rings is 2. The van der Waals surface area contributed by atoms with E-state index in [-0.39, 0.29) is 0 Å². The molecule has 0 saturated heterocycles. The zero-order valence-corrected chi connectivity index (χ0v) is 17.7. The Kier molecular flexibility index (Phi) is 5.62. The van der Waals surface area contributed by atoms with Crippen LogP contribution >= 0.6 is 35.4 Å². The molecule has 2 aromatic heterocycles. The first-order valence-electron chi connectivity index (χ1n) is 8.77. The molecule has 0 atom stereocenters. The van der Waals surface area contributed by atoms with Crippen molar-refractivity contribution in [2.45, 2.75) is 13.5 Å². The highest BCUT2D eigenvalue weighted by Crippen LogP contribution is 2.22. The lowest BCUT2D eigenvalue weighted by atomic mass is 10.2. The molecule has 4 rings (SSSR count). The van der Waals surface area contributed by atoms with Crippen molar-refractivity contribution in [2.75, 3.05) is 0 Å². The van der Waals surface area contributed by atoms with E-state index in [1.165, 1.54) is 4.68 Å². The van der Waals surface area contributed by atoms with Crippen molar-refractivity contribution in [1.82, 2.24) is 24.7 Å². The van der Waals surface area contributed by atoms with Gasteiger partial charge in [-0.15, -0.1) is 0 Å². The Balaban J connectivity index is 1.67. The molecule has 2 heterocycles. The Morgan fingerprint density at radius 1 is 1.14 bits per heavy atom. The smallest absolute Gasteiger partial charge is 0.216 e. The number of H-pyrrole nitrogens is 1. The fraction of sp³-hybridized carbons (Fsp3) is 0.100. The van der Waals surface area contributed by atoms with Gasteiger partial charge in [0.05, 0.1) is 24.0 Å². The molecular weight excluding hydrogens is 427 g/mol. The molecule has 6 nitrogen and oxygen atoms in total. The number of hydrogen-bond acceptors (Lipinski definition) is 4. The number of aryl methyl sites for hydroxylation is 1. The van der Waals surface area contributed by atoms with Gasteiger partial charge in [-0.2, -0.15) is 20.0 Å². The predicted molar refractivity (Wildman–Crippen MR) is 118 cm³/mol. The van der Waals surface area contributed by atoms with Crippen LogP contribution in [0.4, 0.5) is 0 Å². The van der Waals surface area contributed by atoms with Gasteiger partial charge in [-0.1, -0.05) is 65.7 Å². The lowest BCUT2D eigenvalue weighted by molar-refractivity contribution is 0.680. The van der Waals surface area contributed by atoms with Gasteiger partial charge in [0, 0.05) is 10.6 Å². The highest BCUT2D eigenvalue weighted by atomic mass is 35.5. The van der Waals surface area contributed by atoms with Crippen LogP contribution in [0.1, 0.15) is 16.8 Å². The molecule has 0 unspecified atom stereocenters. The summed E-state index contributed by atoms with van der Waals surface area (Å²) in [5.41, 5.74) is 3.40. The summed E-state index contributed by atoms with van der Waals surface area (Å²) in [5.74, 6) is 0.555. The van der Waals surface area contributed by atoms with E-state index in [2.05, 4.69) is 20.4 Å². The molecule has 0 saturated carbocycles. The number of halogens is 2. The van der Waals surface area contributed by atoms with Crippen LogP contribution in [-0.4, -0.2) is 30.9 Å². The molecule has 0 fully saturated rings. The normalized spacial score (nSPS) is 11.4. The molecular formula is C20H16Cl2N6S. The SMILES string of the molecule is Cc1nn(Cc2ccccc2)c(Cl)c1/C=N\n1c(-c2cccc(Cl)c2)n[nH]c1=S. The molecule has 29 heavy (non-hydrogen) atoms. The number of aromatic nitrogens is 5. The first-order valence-corrected chi connectivity index (χ1v) is 9.94. The molecule has 0 amide bonds. The minimum absolute atomic E-state index is 0.363. The first-order chi connectivity index (χ1) is 14.0. The van der Waals surface area contributed by atoms with E-state index in [4.69, 9.17) is 35.4 Å². The van der Waals surface area contributed by atoms with Crippen molar-refractivity contribution in [2.24, 2.45) is 5.10 Å². The molecule has 0 radical (unpaired) electrons. The number of nitrogens with zero attached hydrogens (tertiary/aromatic N) is 5. The maximum Gasteiger partial charge on any atom is 0.216 e. The number of nitrogens with one attached hydrogen (secondary N) is 1. The maximum absolute atomic E-state index is 6.57. The van der Waals surface area contributed by atoms with E-state index in [0.717, 1.165) is 22.4 Å². The average Bonchev–Trinajstić information content (AvgIpc) is 3.20. The fourth-order valence-electron chi connectivity index (χ4n) is 2.90. The number of hydrogen-bond donors (Lipinski definition) is 1. The first kappa shape index (κ1) is 19.6. The number of aromatic amines is 1. The monoisotopic (exact) mass is 442 g/mol. The van der Waals surface area contributed by atoms with Crippen LogP contribution in [0.5, 0.6) is 0 Å². The summed E-state index contributed by atoms with van der Waals surface area (Å²) >= 11 is 18.0. The van der Waals surface area contributed by atoms with E-state index in [0.29, 0.717) is 27.3 Å². The van der Waals surface area contributed by atoms with Crippen molar-refractivity contribution < 1.29 is 0 Å². The van der Waals surface area contributed by atoms with Crippen LogP contribution in [0.2, 0.25) is 10.2 Å². The molecule has 2 aromatic carbocycles. The Morgan fingerprint density at radius 3 is 2.69 bits per heavy atom. The average molecular weight is 443 g/mol. The molecule has 9 heteroatoms. The molecule has 0 aliphatic rings. The third-order valence-electron chi connectivity index (χ3n) is 4.32. The molecule has 1 N–H and O–H groups in total. The van der Waals surface area contributed by atoms with Crippen LogP contribution < -0.4 is 0 Å². The van der Waals surface area contributed by atoms with E-state index >= 15 is 0 Å². The molecule has 0 aliphatic heterocycles. The van der Waals surface area contributed by atoms with Gasteiger partial charge in [0.15, 0.2) is 5.82 Å². The van der Waals surface area contributed by atoms with Gasteiger partial charge in [0.25, 0.3) is 0 Å². The molecule has 0 aliphatic carbocycles. The minimum atomic E-state index is 0.363. The largest absolute Gasteiger partial charge is 0.250 e. The van der Waals surface area contributed by atoms with Gasteiger partial charge >= 0.3 is 0 Å². The van der Waals surface area contributed by atoms with E-state index in [9.17, 15) is 0 Å². The second-order valence-electron chi connectivity index (χ2n) is 6.35. The van der Waals surface area contributed by atoms with Crippen molar-refractivity contribution in [3.63, 3.8) is 0 Å². The summed E-state index contributed by atoms with van der Waals surface area (Å²) in [6, 6.07) is 17.3. The minimum Gasteiger partial charge on any atom is -0.250 e. The lowest BCUT2D eigenvalue weighted by Gasteiger charge is -2.03. The Hall–Kier alpha value is -2.74. The Morgan fingerprint density at radius 2 is 1.93 bits per heavy atom. The van der Waals surface area contributed by atoms with Gasteiger partial charge < -0.3 is 0 Å². The predicted octanol–water partition coefficient (Wildman–Crippen LogP) is 5.35. The summed E-state index contributed by atoms with van der Waals surface area (Å²) in [4.78, 5) is 0. The van der Waals surface area contributed by atoms with Gasteiger partial charge in [-0.3, -0.25) is 0 Å². The second kappa shape index (κ2) is 8.32. The summed E-state index contributed by atoms with van der Waals surface area (Å²) < 4.78 is 3.65. The molecule has 0 bridgehead atoms. The van der Waals surface area contributed by atoms with Gasteiger partial charge in [-0.25, -0.2) is 9.78 Å². The van der Waals surface area contributed by atoms with Crippen LogP contribution in [0.3, 0.4) is 0 Å². The van der Waals surface area contributed by atoms with Crippen LogP contribution in [0, 0.1) is 11.7 Å². The second-order valence-corrected chi connectivity index (χ2v) is 7.53. The van der Waals surface area contributed by atoms with Crippen molar-refractivity contribution in [3.8, 4) is 11.4 Å². The summed E-state index contributed by atoms with van der Waals surface area (Å²) in [6.07, 6.45) is 1.64. The summed E-state index contributed by atoms with van der Waals surface area (Å²) in [7, 11) is 0. The molecule has 0 spiro atoms. The third kappa shape index (κ3) is 4.17. The summed E-state index contributed by atoms with van der Waals surface area (Å²) in [5, 5.41) is 17.2. The zero-order chi connectivity index (χ0) is 20.4. The van der Waals surface area contributed by atoms with Crippen LogP contribution in [-0.2, 0) is 6.54 Å². The number of rotatable bonds is 5. The van der Waals surface area contributed by atoms with E-state index in [1.54, 1.807) is 23.0 Å². The quantitative estimate of drug-likeness (QED) is 0.334. The molecule has 4 aromatic rings. The van der Waals surface area contributed by atoms with Crippen molar-refractivity contribution in [1.29, 1.82) is 0 Å². The standard InChI is InChI=1S/C20H16Cl2N6S/c1-13-17(18(22)27(26-13)12-14-6-3-2-4-7-14)11-23-28-19(24-25-20(28)29)15-8-5-9-16(21)10-15/h2-11H,12H2,1H3,(H,25,29)/b23-11-. The van der Waals surface area contributed by atoms with E-state index < -0.39 is 0 Å². The van der Waals surface area contributed by atoms with Crippen LogP contribution in [0.25, 0.3) is 11.4 Å². The Labute approximate surface area is 182 Å². The highest BCUT2D eigenvalue weighted by Gasteiger charge is 2.13. The van der Waals surface area contributed by atoms with Gasteiger partial charge in [0.2, 0.25) is 4.77 Å². The van der Waals surface area contributed by atoms with E-state index in [1.807, 2.05) is 49.4 Å². The van der Waals surface area contributed by atoms with Crippen molar-refractivity contribution in [3.05, 3.63) is 86.4 Å². The maximum atomic E-state index is 6.57. The molecule has 146 valence electrons. The zero-order valence-electron chi connectivity index (χ0n) is 15.4. The third-order valence-corrected chi connectivity index (χ3v) is 5.22. The lowest BCUT2D eigenvalue weighted by Crippen LogP contribution is -2.02.